The quantitative estimate of drug-likeness (QED) is 0.709. The first kappa shape index (κ1) is 14.5. The first-order valence-electron chi connectivity index (χ1n) is 6.32. The van der Waals surface area contributed by atoms with Gasteiger partial charge in [0.2, 0.25) is 0 Å². The second-order valence-electron chi connectivity index (χ2n) is 4.37. The van der Waals surface area contributed by atoms with Crippen LogP contribution >= 0.6 is 15.9 Å². The molecule has 1 rings (SSSR count). The molecule has 94 valence electrons. The Hall–Kier alpha value is -0.600. The zero-order valence-corrected chi connectivity index (χ0v) is 12.4. The van der Waals surface area contributed by atoms with Crippen molar-refractivity contribution in [2.24, 2.45) is 0 Å². The smallest absolute Gasteiger partial charge is 0.0357 e. The SMILES string of the molecule is C=C(CC)CC(NCCC)c1ccc(Br)cc1. The summed E-state index contributed by atoms with van der Waals surface area (Å²) in [4.78, 5) is 0. The van der Waals surface area contributed by atoms with Crippen LogP contribution in [-0.2, 0) is 0 Å². The summed E-state index contributed by atoms with van der Waals surface area (Å²) < 4.78 is 1.13. The molecule has 17 heavy (non-hydrogen) atoms. The minimum atomic E-state index is 0.399. The van der Waals surface area contributed by atoms with E-state index < -0.39 is 0 Å². The number of hydrogen-bond donors (Lipinski definition) is 1. The standard InChI is InChI=1S/C15H22BrN/c1-4-10-17-15(11-12(3)5-2)13-6-8-14(16)9-7-13/h6-9,15,17H,3-5,10-11H2,1-2H3. The van der Waals surface area contributed by atoms with E-state index in [2.05, 4.69) is 65.9 Å². The molecule has 1 nitrogen and oxygen atoms in total. The molecule has 0 heterocycles. The number of rotatable bonds is 7. The van der Waals surface area contributed by atoms with E-state index in [9.17, 15) is 0 Å². The molecule has 1 N–H and O–H groups in total. The summed E-state index contributed by atoms with van der Waals surface area (Å²) in [6.45, 7) is 9.53. The molecular formula is C15H22BrN. The van der Waals surface area contributed by atoms with E-state index >= 15 is 0 Å². The fourth-order valence-corrected chi connectivity index (χ4v) is 2.02. The van der Waals surface area contributed by atoms with Crippen LogP contribution in [-0.4, -0.2) is 6.54 Å². The first-order valence-corrected chi connectivity index (χ1v) is 7.12. The molecule has 0 saturated heterocycles. The lowest BCUT2D eigenvalue weighted by Crippen LogP contribution is -2.22. The fraction of sp³-hybridized carbons (Fsp3) is 0.467. The normalized spacial score (nSPS) is 12.4. The van der Waals surface area contributed by atoms with E-state index in [4.69, 9.17) is 0 Å². The van der Waals surface area contributed by atoms with Crippen LogP contribution in [0.2, 0.25) is 0 Å². The summed E-state index contributed by atoms with van der Waals surface area (Å²) in [5, 5.41) is 3.59. The van der Waals surface area contributed by atoms with Crippen LogP contribution in [0, 0.1) is 0 Å². The lowest BCUT2D eigenvalue weighted by molar-refractivity contribution is 0.523. The van der Waals surface area contributed by atoms with Crippen LogP contribution < -0.4 is 5.32 Å². The molecule has 0 radical (unpaired) electrons. The first-order chi connectivity index (χ1) is 8.17. The Morgan fingerprint density at radius 2 is 1.94 bits per heavy atom. The van der Waals surface area contributed by atoms with Crippen molar-refractivity contribution in [2.75, 3.05) is 6.54 Å². The van der Waals surface area contributed by atoms with Crippen molar-refractivity contribution in [2.45, 2.75) is 39.2 Å². The number of hydrogen-bond acceptors (Lipinski definition) is 1. The molecule has 1 aromatic rings. The van der Waals surface area contributed by atoms with Gasteiger partial charge in [-0.05, 0) is 43.5 Å². The summed E-state index contributed by atoms with van der Waals surface area (Å²) in [6, 6.07) is 8.96. The molecular weight excluding hydrogens is 274 g/mol. The molecule has 2 heteroatoms. The number of halogens is 1. The lowest BCUT2D eigenvalue weighted by atomic mass is 9.98. The Balaban J connectivity index is 2.74. The van der Waals surface area contributed by atoms with Gasteiger partial charge < -0.3 is 5.32 Å². The summed E-state index contributed by atoms with van der Waals surface area (Å²) in [5.74, 6) is 0. The third kappa shape index (κ3) is 5.05. The van der Waals surface area contributed by atoms with Crippen molar-refractivity contribution in [1.82, 2.24) is 5.32 Å². The molecule has 0 amide bonds. The Labute approximate surface area is 113 Å². The van der Waals surface area contributed by atoms with E-state index in [-0.39, 0.29) is 0 Å². The highest BCUT2D eigenvalue weighted by Crippen LogP contribution is 2.23. The van der Waals surface area contributed by atoms with Gasteiger partial charge in [0.25, 0.3) is 0 Å². The molecule has 0 spiro atoms. The zero-order valence-electron chi connectivity index (χ0n) is 10.8. The molecule has 0 aliphatic heterocycles. The average molecular weight is 296 g/mol. The maximum absolute atomic E-state index is 4.11. The van der Waals surface area contributed by atoms with Crippen molar-refractivity contribution in [3.8, 4) is 0 Å². The Morgan fingerprint density at radius 3 is 2.47 bits per heavy atom. The molecule has 1 atom stereocenters. The largest absolute Gasteiger partial charge is 0.310 e. The predicted octanol–water partition coefficient (Wildman–Crippen LogP) is 4.85. The van der Waals surface area contributed by atoms with Gasteiger partial charge in [-0.1, -0.05) is 54.1 Å². The van der Waals surface area contributed by atoms with Crippen LogP contribution in [0.1, 0.15) is 44.7 Å². The molecule has 0 aromatic heterocycles. The summed E-state index contributed by atoms with van der Waals surface area (Å²) in [5.41, 5.74) is 2.65. The maximum Gasteiger partial charge on any atom is 0.0357 e. The predicted molar refractivity (Wildman–Crippen MR) is 79.2 cm³/mol. The lowest BCUT2D eigenvalue weighted by Gasteiger charge is -2.20. The van der Waals surface area contributed by atoms with E-state index in [1.165, 1.54) is 11.1 Å². The van der Waals surface area contributed by atoms with Crippen molar-refractivity contribution in [3.63, 3.8) is 0 Å². The molecule has 0 bridgehead atoms. The van der Waals surface area contributed by atoms with Gasteiger partial charge in [0, 0.05) is 10.5 Å². The van der Waals surface area contributed by atoms with Crippen molar-refractivity contribution in [3.05, 3.63) is 46.5 Å². The van der Waals surface area contributed by atoms with Crippen LogP contribution in [0.25, 0.3) is 0 Å². The zero-order chi connectivity index (χ0) is 12.7. The van der Waals surface area contributed by atoms with E-state index in [0.717, 1.165) is 30.3 Å². The fourth-order valence-electron chi connectivity index (χ4n) is 1.75. The monoisotopic (exact) mass is 295 g/mol. The maximum atomic E-state index is 4.11. The van der Waals surface area contributed by atoms with Gasteiger partial charge in [0.1, 0.15) is 0 Å². The van der Waals surface area contributed by atoms with Gasteiger partial charge in [0.15, 0.2) is 0 Å². The topological polar surface area (TPSA) is 12.0 Å². The third-order valence-electron chi connectivity index (χ3n) is 2.91. The summed E-state index contributed by atoms with van der Waals surface area (Å²) in [7, 11) is 0. The second kappa shape index (κ2) is 7.67. The molecule has 0 saturated carbocycles. The minimum Gasteiger partial charge on any atom is -0.310 e. The Morgan fingerprint density at radius 1 is 1.29 bits per heavy atom. The van der Waals surface area contributed by atoms with Crippen LogP contribution in [0.3, 0.4) is 0 Å². The Bertz CT molecular complexity index is 342. The van der Waals surface area contributed by atoms with E-state index in [1.807, 2.05) is 0 Å². The van der Waals surface area contributed by atoms with Crippen molar-refractivity contribution in [1.29, 1.82) is 0 Å². The molecule has 0 fully saturated rings. The highest BCUT2D eigenvalue weighted by Gasteiger charge is 2.11. The van der Waals surface area contributed by atoms with Gasteiger partial charge >= 0.3 is 0 Å². The van der Waals surface area contributed by atoms with Crippen LogP contribution in [0.5, 0.6) is 0 Å². The molecule has 1 aromatic carbocycles. The van der Waals surface area contributed by atoms with Gasteiger partial charge in [-0.2, -0.15) is 0 Å². The summed E-state index contributed by atoms with van der Waals surface area (Å²) in [6.07, 6.45) is 3.24. The molecule has 0 aliphatic rings. The second-order valence-corrected chi connectivity index (χ2v) is 5.28. The third-order valence-corrected chi connectivity index (χ3v) is 3.43. The van der Waals surface area contributed by atoms with Gasteiger partial charge in [0.05, 0.1) is 0 Å². The Kier molecular flexibility index (Phi) is 6.53. The molecule has 0 aliphatic carbocycles. The van der Waals surface area contributed by atoms with Gasteiger partial charge in [-0.3, -0.25) is 0 Å². The van der Waals surface area contributed by atoms with Crippen molar-refractivity contribution < 1.29 is 0 Å². The van der Waals surface area contributed by atoms with E-state index in [0.29, 0.717) is 6.04 Å². The highest BCUT2D eigenvalue weighted by atomic mass is 79.9. The minimum absolute atomic E-state index is 0.399. The van der Waals surface area contributed by atoms with Gasteiger partial charge in [-0.25, -0.2) is 0 Å². The molecule has 1 unspecified atom stereocenters. The van der Waals surface area contributed by atoms with Crippen LogP contribution in [0.15, 0.2) is 40.9 Å². The van der Waals surface area contributed by atoms with E-state index in [1.54, 1.807) is 0 Å². The van der Waals surface area contributed by atoms with Crippen molar-refractivity contribution >= 4 is 15.9 Å². The van der Waals surface area contributed by atoms with Crippen LogP contribution in [0.4, 0.5) is 0 Å². The number of nitrogens with one attached hydrogen (secondary N) is 1. The highest BCUT2D eigenvalue weighted by molar-refractivity contribution is 9.10. The number of benzene rings is 1. The summed E-state index contributed by atoms with van der Waals surface area (Å²) >= 11 is 3.47. The van der Waals surface area contributed by atoms with Gasteiger partial charge in [-0.15, -0.1) is 0 Å². The average Bonchev–Trinajstić information content (AvgIpc) is 2.35.